The van der Waals surface area contributed by atoms with Crippen LogP contribution in [0, 0.1) is 0 Å². The highest BCUT2D eigenvalue weighted by molar-refractivity contribution is 5.95. The van der Waals surface area contributed by atoms with E-state index in [-0.39, 0.29) is 18.0 Å². The molecule has 1 aromatic carbocycles. The third kappa shape index (κ3) is 3.72. The summed E-state index contributed by atoms with van der Waals surface area (Å²) in [5.74, 6) is -0.922. The predicted molar refractivity (Wildman–Crippen MR) is 82.1 cm³/mol. The van der Waals surface area contributed by atoms with Crippen LogP contribution in [0.4, 0.5) is 0 Å². The van der Waals surface area contributed by atoms with Gasteiger partial charge in [-0.2, -0.15) is 0 Å². The molecule has 0 aliphatic carbocycles. The normalized spacial score (nSPS) is 22.5. The maximum atomic E-state index is 12.6. The van der Waals surface area contributed by atoms with Crippen molar-refractivity contribution in [2.45, 2.75) is 45.2 Å². The summed E-state index contributed by atoms with van der Waals surface area (Å²) in [6.45, 7) is 4.19. The first-order valence-electron chi connectivity index (χ1n) is 7.33. The Bertz CT molecular complexity index is 538. The van der Waals surface area contributed by atoms with Crippen LogP contribution in [-0.4, -0.2) is 34.0 Å². The van der Waals surface area contributed by atoms with E-state index in [0.29, 0.717) is 5.56 Å². The van der Waals surface area contributed by atoms with Crippen LogP contribution >= 0.6 is 0 Å². The molecular weight excluding hydrogens is 266 g/mol. The van der Waals surface area contributed by atoms with E-state index in [1.165, 1.54) is 12.5 Å². The third-order valence-electron chi connectivity index (χ3n) is 4.00. The van der Waals surface area contributed by atoms with Crippen molar-refractivity contribution in [1.29, 1.82) is 0 Å². The summed E-state index contributed by atoms with van der Waals surface area (Å²) < 4.78 is 0. The highest BCUT2D eigenvalue weighted by atomic mass is 16.4. The topological polar surface area (TPSA) is 57.6 Å². The quantitative estimate of drug-likeness (QED) is 0.869. The molecule has 2 atom stereocenters. The lowest BCUT2D eigenvalue weighted by atomic mass is 9.96. The van der Waals surface area contributed by atoms with Gasteiger partial charge in [0.05, 0.1) is 0 Å². The number of hydrogen-bond acceptors (Lipinski definition) is 2. The van der Waals surface area contributed by atoms with Crippen LogP contribution in [0.2, 0.25) is 0 Å². The van der Waals surface area contributed by atoms with Gasteiger partial charge in [0.2, 0.25) is 0 Å². The molecule has 1 amide bonds. The highest BCUT2D eigenvalue weighted by Crippen LogP contribution is 2.24. The molecule has 1 fully saturated rings. The van der Waals surface area contributed by atoms with Crippen molar-refractivity contribution in [3.05, 3.63) is 41.5 Å². The summed E-state index contributed by atoms with van der Waals surface area (Å²) in [4.78, 5) is 25.1. The number of hydrogen-bond donors (Lipinski definition) is 1. The third-order valence-corrected chi connectivity index (χ3v) is 4.00. The van der Waals surface area contributed by atoms with Gasteiger partial charge < -0.3 is 10.0 Å². The number of carbonyl (C=O) groups excluding carboxylic acids is 1. The number of carboxylic acids is 1. The zero-order valence-corrected chi connectivity index (χ0v) is 12.5. The van der Waals surface area contributed by atoms with Gasteiger partial charge >= 0.3 is 5.97 Å². The Kier molecular flexibility index (Phi) is 4.78. The van der Waals surface area contributed by atoms with E-state index in [9.17, 15) is 9.59 Å². The van der Waals surface area contributed by atoms with Gasteiger partial charge in [0.1, 0.15) is 0 Å². The molecule has 0 saturated carbocycles. The van der Waals surface area contributed by atoms with E-state index in [4.69, 9.17) is 5.11 Å². The van der Waals surface area contributed by atoms with Crippen molar-refractivity contribution in [2.24, 2.45) is 0 Å². The summed E-state index contributed by atoms with van der Waals surface area (Å²) >= 11 is 0. The molecule has 0 spiro atoms. The number of piperidine rings is 1. The molecule has 21 heavy (non-hydrogen) atoms. The second kappa shape index (κ2) is 6.57. The van der Waals surface area contributed by atoms with Crippen LogP contribution in [0.1, 0.15) is 49.0 Å². The fraction of sp³-hybridized carbons (Fsp3) is 0.412. The number of carbonyl (C=O) groups is 2. The van der Waals surface area contributed by atoms with Gasteiger partial charge in [0, 0.05) is 23.7 Å². The maximum absolute atomic E-state index is 12.6. The molecule has 0 unspecified atom stereocenters. The van der Waals surface area contributed by atoms with Crippen LogP contribution in [0.3, 0.4) is 0 Å². The molecule has 0 radical (unpaired) electrons. The monoisotopic (exact) mass is 287 g/mol. The first kappa shape index (κ1) is 15.3. The number of likely N-dealkylation sites (tertiary alicyclic amines) is 1. The first-order chi connectivity index (χ1) is 9.99. The largest absolute Gasteiger partial charge is 0.478 e. The Labute approximate surface area is 125 Å². The zero-order valence-electron chi connectivity index (χ0n) is 12.5. The molecule has 1 aliphatic rings. The second-order valence-corrected chi connectivity index (χ2v) is 5.63. The van der Waals surface area contributed by atoms with Gasteiger partial charge in [0.15, 0.2) is 0 Å². The van der Waals surface area contributed by atoms with Gasteiger partial charge in [-0.1, -0.05) is 12.1 Å². The summed E-state index contributed by atoms with van der Waals surface area (Å²) in [7, 11) is 0. The Morgan fingerprint density at radius 1 is 1.14 bits per heavy atom. The standard InChI is InChI=1S/C17H21NO3/c1-12-4-3-5-13(2)18(12)17(21)15-9-6-14(7-10-15)8-11-16(19)20/h6-13H,3-5H2,1-2H3,(H,19,20)/b11-8+/t12-,13+. The second-order valence-electron chi connectivity index (χ2n) is 5.63. The Balaban J connectivity index is 2.14. The van der Waals surface area contributed by atoms with Crippen molar-refractivity contribution >= 4 is 18.0 Å². The van der Waals surface area contributed by atoms with Gasteiger partial charge in [-0.15, -0.1) is 0 Å². The van der Waals surface area contributed by atoms with E-state index in [2.05, 4.69) is 13.8 Å². The molecule has 1 heterocycles. The van der Waals surface area contributed by atoms with Gasteiger partial charge in [0.25, 0.3) is 5.91 Å². The molecule has 4 nitrogen and oxygen atoms in total. The molecule has 0 aromatic heterocycles. The van der Waals surface area contributed by atoms with E-state index in [0.717, 1.165) is 24.5 Å². The van der Waals surface area contributed by atoms with E-state index in [1.807, 2.05) is 4.90 Å². The van der Waals surface area contributed by atoms with Crippen molar-refractivity contribution in [1.82, 2.24) is 4.90 Å². The average molecular weight is 287 g/mol. The van der Waals surface area contributed by atoms with Crippen LogP contribution in [-0.2, 0) is 4.79 Å². The van der Waals surface area contributed by atoms with Gasteiger partial charge in [-0.05, 0) is 56.9 Å². The van der Waals surface area contributed by atoms with Gasteiger partial charge in [-0.3, -0.25) is 4.79 Å². The van der Waals surface area contributed by atoms with Crippen molar-refractivity contribution in [3.8, 4) is 0 Å². The van der Waals surface area contributed by atoms with Crippen LogP contribution in [0.15, 0.2) is 30.3 Å². The number of benzene rings is 1. The molecule has 4 heteroatoms. The number of carboxylic acid groups (broad SMARTS) is 1. The van der Waals surface area contributed by atoms with Crippen molar-refractivity contribution in [2.75, 3.05) is 0 Å². The maximum Gasteiger partial charge on any atom is 0.328 e. The number of nitrogens with zero attached hydrogens (tertiary/aromatic N) is 1. The first-order valence-corrected chi connectivity index (χ1v) is 7.33. The summed E-state index contributed by atoms with van der Waals surface area (Å²) in [5, 5.41) is 8.60. The molecule has 1 aromatic rings. The number of aliphatic carboxylic acids is 1. The molecule has 1 N–H and O–H groups in total. The molecule has 112 valence electrons. The summed E-state index contributed by atoms with van der Waals surface area (Å²) in [5.41, 5.74) is 1.43. The molecule has 1 aliphatic heterocycles. The Morgan fingerprint density at radius 2 is 1.71 bits per heavy atom. The van der Waals surface area contributed by atoms with E-state index >= 15 is 0 Å². The summed E-state index contributed by atoms with van der Waals surface area (Å²) in [6.07, 6.45) is 5.88. The molecule has 1 saturated heterocycles. The lowest BCUT2D eigenvalue weighted by Gasteiger charge is -2.39. The molecule has 0 bridgehead atoms. The van der Waals surface area contributed by atoms with E-state index < -0.39 is 5.97 Å². The fourth-order valence-electron chi connectivity index (χ4n) is 2.87. The minimum atomic E-state index is -0.980. The van der Waals surface area contributed by atoms with Crippen LogP contribution < -0.4 is 0 Å². The minimum absolute atomic E-state index is 0.0588. The lowest BCUT2D eigenvalue weighted by Crippen LogP contribution is -2.47. The Morgan fingerprint density at radius 3 is 2.24 bits per heavy atom. The average Bonchev–Trinajstić information content (AvgIpc) is 2.45. The molecule has 2 rings (SSSR count). The summed E-state index contributed by atoms with van der Waals surface area (Å²) in [6, 6.07) is 7.61. The number of amides is 1. The van der Waals surface area contributed by atoms with Crippen molar-refractivity contribution in [3.63, 3.8) is 0 Å². The lowest BCUT2D eigenvalue weighted by molar-refractivity contribution is -0.131. The van der Waals surface area contributed by atoms with Crippen molar-refractivity contribution < 1.29 is 14.7 Å². The van der Waals surface area contributed by atoms with Crippen LogP contribution in [0.5, 0.6) is 0 Å². The number of rotatable bonds is 3. The SMILES string of the molecule is C[C@@H]1CCC[C@H](C)N1C(=O)c1ccc(/C=C/C(=O)O)cc1. The van der Waals surface area contributed by atoms with Crippen LogP contribution in [0.25, 0.3) is 6.08 Å². The van der Waals surface area contributed by atoms with E-state index in [1.54, 1.807) is 24.3 Å². The highest BCUT2D eigenvalue weighted by Gasteiger charge is 2.29. The molecular formula is C17H21NO3. The fourth-order valence-corrected chi connectivity index (χ4v) is 2.87. The zero-order chi connectivity index (χ0) is 15.4. The Hall–Kier alpha value is -2.10. The minimum Gasteiger partial charge on any atom is -0.478 e. The smallest absolute Gasteiger partial charge is 0.328 e. The predicted octanol–water partition coefficient (Wildman–Crippen LogP) is 3.19. The van der Waals surface area contributed by atoms with Gasteiger partial charge in [-0.25, -0.2) is 4.79 Å².